The number of hydrogen-bond acceptors (Lipinski definition) is 3. The summed E-state index contributed by atoms with van der Waals surface area (Å²) in [7, 11) is 0. The van der Waals surface area contributed by atoms with Crippen LogP contribution in [0, 0.1) is 22.9 Å². The van der Waals surface area contributed by atoms with Crippen molar-refractivity contribution in [3.8, 4) is 5.75 Å². The van der Waals surface area contributed by atoms with Crippen LogP contribution in [0.3, 0.4) is 0 Å². The first kappa shape index (κ1) is 18.9. The Morgan fingerprint density at radius 1 is 1.08 bits per heavy atom. The van der Waals surface area contributed by atoms with E-state index >= 15 is 0 Å². The third-order valence-corrected chi connectivity index (χ3v) is 5.14. The summed E-state index contributed by atoms with van der Waals surface area (Å²) in [6.45, 7) is 2.83. The summed E-state index contributed by atoms with van der Waals surface area (Å²) in [4.78, 5) is 13.8. The van der Waals surface area contributed by atoms with Gasteiger partial charge in [-0.2, -0.15) is 4.39 Å². The van der Waals surface area contributed by atoms with E-state index < -0.39 is 34.7 Å². The number of amides is 1. The average Bonchev–Trinajstić information content (AvgIpc) is 2.57. The maximum Gasteiger partial charge on any atom is 0.257 e. The van der Waals surface area contributed by atoms with Gasteiger partial charge in [-0.3, -0.25) is 4.79 Å². The third kappa shape index (κ3) is 3.32. The lowest BCUT2D eigenvalue weighted by molar-refractivity contribution is 0.0490. The van der Waals surface area contributed by atoms with Gasteiger partial charge < -0.3 is 15.3 Å². The molecule has 1 aromatic carbocycles. The lowest BCUT2D eigenvalue weighted by atomic mass is 9.71. The molecule has 2 heterocycles. The average molecular weight is 365 g/mol. The monoisotopic (exact) mass is 364 g/mol. The van der Waals surface area contributed by atoms with Crippen molar-refractivity contribution in [2.75, 3.05) is 26.2 Å². The van der Waals surface area contributed by atoms with Crippen LogP contribution >= 0.6 is 12.4 Å². The van der Waals surface area contributed by atoms with Gasteiger partial charge in [0.05, 0.1) is 5.56 Å². The maximum absolute atomic E-state index is 13.9. The fourth-order valence-electron chi connectivity index (χ4n) is 3.56. The number of nitrogens with zero attached hydrogens (tertiary/aromatic N) is 1. The summed E-state index contributed by atoms with van der Waals surface area (Å²) in [5.74, 6) is -6.66. The summed E-state index contributed by atoms with van der Waals surface area (Å²) in [5, 5.41) is 12.6. The van der Waals surface area contributed by atoms with Crippen LogP contribution in [0.25, 0.3) is 0 Å². The molecule has 2 aliphatic heterocycles. The molecule has 2 N–H and O–H groups in total. The molecule has 1 amide bonds. The zero-order chi connectivity index (χ0) is 16.6. The Morgan fingerprint density at radius 3 is 2.25 bits per heavy atom. The molecule has 134 valence electrons. The van der Waals surface area contributed by atoms with E-state index in [9.17, 15) is 23.1 Å². The van der Waals surface area contributed by atoms with E-state index in [1.54, 1.807) is 0 Å². The second-order valence-electron chi connectivity index (χ2n) is 6.42. The summed E-state index contributed by atoms with van der Waals surface area (Å²) in [5.41, 5.74) is -0.404. The molecule has 2 saturated heterocycles. The minimum atomic E-state index is -1.67. The van der Waals surface area contributed by atoms with Gasteiger partial charge >= 0.3 is 0 Å². The summed E-state index contributed by atoms with van der Waals surface area (Å²) in [6.07, 6.45) is 3.74. The molecule has 0 radical (unpaired) electrons. The molecule has 1 spiro atoms. The number of halogens is 4. The Morgan fingerprint density at radius 2 is 1.67 bits per heavy atom. The Hall–Kier alpha value is -1.47. The molecule has 0 bridgehead atoms. The highest BCUT2D eigenvalue weighted by Crippen LogP contribution is 2.40. The Balaban J connectivity index is 0.00000208. The van der Waals surface area contributed by atoms with E-state index in [1.165, 1.54) is 4.90 Å². The van der Waals surface area contributed by atoms with Crippen molar-refractivity contribution in [1.82, 2.24) is 10.2 Å². The van der Waals surface area contributed by atoms with Crippen LogP contribution in [-0.2, 0) is 0 Å². The van der Waals surface area contributed by atoms with Crippen molar-refractivity contribution in [2.24, 2.45) is 5.41 Å². The second kappa shape index (κ2) is 7.19. The SMILES string of the molecule is Cl.O=C(c1cc(F)c(F)c(O)c1F)N1CCC2(CCNCC2)CC1. The van der Waals surface area contributed by atoms with Crippen LogP contribution in [0.15, 0.2) is 6.07 Å². The number of rotatable bonds is 1. The molecule has 0 aromatic heterocycles. The number of phenols is 1. The molecular weight excluding hydrogens is 345 g/mol. The summed E-state index contributed by atoms with van der Waals surface area (Å²) >= 11 is 0. The van der Waals surface area contributed by atoms with Crippen LogP contribution < -0.4 is 5.32 Å². The molecule has 1 aromatic rings. The highest BCUT2D eigenvalue weighted by Gasteiger charge is 2.37. The molecule has 4 nitrogen and oxygen atoms in total. The number of carbonyl (C=O) groups is 1. The number of likely N-dealkylation sites (tertiary alicyclic amines) is 1. The molecule has 0 aliphatic carbocycles. The fraction of sp³-hybridized carbons (Fsp3) is 0.562. The molecular formula is C16H20ClF3N2O2. The van der Waals surface area contributed by atoms with Gasteiger partial charge in [-0.05, 0) is 50.3 Å². The molecule has 24 heavy (non-hydrogen) atoms. The van der Waals surface area contributed by atoms with Gasteiger partial charge in [0.2, 0.25) is 5.82 Å². The third-order valence-electron chi connectivity index (χ3n) is 5.14. The van der Waals surface area contributed by atoms with Crippen molar-refractivity contribution >= 4 is 18.3 Å². The first-order chi connectivity index (χ1) is 10.9. The Kier molecular flexibility index (Phi) is 5.65. The number of aromatic hydroxyl groups is 1. The van der Waals surface area contributed by atoms with E-state index in [1.807, 2.05) is 0 Å². The van der Waals surface area contributed by atoms with Crippen molar-refractivity contribution in [1.29, 1.82) is 0 Å². The van der Waals surface area contributed by atoms with Gasteiger partial charge in [-0.15, -0.1) is 12.4 Å². The zero-order valence-electron chi connectivity index (χ0n) is 13.1. The van der Waals surface area contributed by atoms with Crippen LogP contribution in [0.2, 0.25) is 0 Å². The number of hydrogen-bond donors (Lipinski definition) is 2. The minimum Gasteiger partial charge on any atom is -0.503 e. The molecule has 2 fully saturated rings. The standard InChI is InChI=1S/C16H19F3N2O2.ClH/c17-11-9-10(12(18)14(22)13(11)19)15(23)21-7-3-16(4-8-21)1-5-20-6-2-16;/h9,20,22H,1-8H2;1H. The lowest BCUT2D eigenvalue weighted by Gasteiger charge is -2.44. The number of benzene rings is 1. The summed E-state index contributed by atoms with van der Waals surface area (Å²) < 4.78 is 40.4. The highest BCUT2D eigenvalue weighted by atomic mass is 35.5. The number of phenolic OH excluding ortho intramolecular Hbond substituents is 1. The van der Waals surface area contributed by atoms with Gasteiger partial charge in [-0.25, -0.2) is 8.78 Å². The smallest absolute Gasteiger partial charge is 0.257 e. The molecule has 0 unspecified atom stereocenters. The fourth-order valence-corrected chi connectivity index (χ4v) is 3.56. The van der Waals surface area contributed by atoms with Gasteiger partial charge in [0.1, 0.15) is 0 Å². The minimum absolute atomic E-state index is 0. The topological polar surface area (TPSA) is 52.6 Å². The first-order valence-corrected chi connectivity index (χ1v) is 7.80. The molecule has 2 aliphatic rings. The summed E-state index contributed by atoms with van der Waals surface area (Å²) in [6, 6.07) is 0.515. The van der Waals surface area contributed by atoms with Gasteiger partial charge in [0.25, 0.3) is 5.91 Å². The van der Waals surface area contributed by atoms with Crippen LogP contribution in [-0.4, -0.2) is 42.1 Å². The van der Waals surface area contributed by atoms with Gasteiger partial charge in [-0.1, -0.05) is 0 Å². The van der Waals surface area contributed by atoms with Crippen molar-refractivity contribution in [3.63, 3.8) is 0 Å². The van der Waals surface area contributed by atoms with E-state index in [-0.39, 0.29) is 17.8 Å². The van der Waals surface area contributed by atoms with E-state index in [2.05, 4.69) is 5.32 Å². The van der Waals surface area contributed by atoms with Crippen molar-refractivity contribution in [2.45, 2.75) is 25.7 Å². The van der Waals surface area contributed by atoms with Crippen LogP contribution in [0.5, 0.6) is 5.75 Å². The van der Waals surface area contributed by atoms with E-state index in [0.717, 1.165) is 38.8 Å². The normalized spacial score (nSPS) is 19.9. The zero-order valence-corrected chi connectivity index (χ0v) is 13.9. The molecule has 0 atom stereocenters. The maximum atomic E-state index is 13.9. The van der Waals surface area contributed by atoms with Crippen molar-refractivity contribution < 1.29 is 23.1 Å². The lowest BCUT2D eigenvalue weighted by Crippen LogP contribution is -2.47. The second-order valence-corrected chi connectivity index (χ2v) is 6.42. The van der Waals surface area contributed by atoms with Gasteiger partial charge in [0, 0.05) is 13.1 Å². The Labute approximate surface area is 144 Å². The number of nitrogens with one attached hydrogen (secondary N) is 1. The predicted octanol–water partition coefficient (Wildman–Crippen LogP) is 2.84. The Bertz CT molecular complexity index is 626. The van der Waals surface area contributed by atoms with E-state index in [4.69, 9.17) is 0 Å². The molecule has 3 rings (SSSR count). The molecule has 0 saturated carbocycles. The predicted molar refractivity (Wildman–Crippen MR) is 84.9 cm³/mol. The first-order valence-electron chi connectivity index (χ1n) is 7.80. The highest BCUT2D eigenvalue weighted by molar-refractivity contribution is 5.95. The van der Waals surface area contributed by atoms with E-state index in [0.29, 0.717) is 19.2 Å². The van der Waals surface area contributed by atoms with Crippen LogP contribution in [0.4, 0.5) is 13.2 Å². The van der Waals surface area contributed by atoms with Crippen molar-refractivity contribution in [3.05, 3.63) is 29.1 Å². The number of carbonyl (C=O) groups excluding carboxylic acids is 1. The largest absolute Gasteiger partial charge is 0.503 e. The molecule has 8 heteroatoms. The quantitative estimate of drug-likeness (QED) is 0.753. The number of piperidine rings is 2. The van der Waals surface area contributed by atoms with Gasteiger partial charge in [0.15, 0.2) is 17.4 Å². The van der Waals surface area contributed by atoms with Crippen LogP contribution in [0.1, 0.15) is 36.0 Å².